The highest BCUT2D eigenvalue weighted by Crippen LogP contribution is 2.24. The van der Waals surface area contributed by atoms with Crippen LogP contribution < -0.4 is 10.6 Å². The van der Waals surface area contributed by atoms with Gasteiger partial charge < -0.3 is 15.7 Å². The Kier molecular flexibility index (Phi) is 2.63. The molecule has 0 amide bonds. The first-order chi connectivity index (χ1) is 7.13. The lowest BCUT2D eigenvalue weighted by Gasteiger charge is -2.23. The fraction of sp³-hybridized carbons (Fsp3) is 0.545. The van der Waals surface area contributed by atoms with Crippen LogP contribution in [-0.4, -0.2) is 35.3 Å². The average Bonchev–Trinajstić information content (AvgIpc) is 2.62. The summed E-state index contributed by atoms with van der Waals surface area (Å²) in [6.45, 7) is 3.66. The molecule has 4 nitrogen and oxygen atoms in total. The van der Waals surface area contributed by atoms with Gasteiger partial charge >= 0.3 is 0 Å². The molecule has 1 unspecified atom stereocenters. The predicted molar refractivity (Wildman–Crippen MR) is 59.8 cm³/mol. The molecule has 0 aliphatic carbocycles. The van der Waals surface area contributed by atoms with E-state index in [-0.39, 0.29) is 6.61 Å². The molecule has 2 rings (SSSR count). The van der Waals surface area contributed by atoms with Gasteiger partial charge in [0.25, 0.3) is 0 Å². The molecule has 1 aliphatic heterocycles. The molecule has 0 saturated carbocycles. The van der Waals surface area contributed by atoms with E-state index in [2.05, 4.69) is 16.0 Å². The summed E-state index contributed by atoms with van der Waals surface area (Å²) in [5.74, 6) is 0. The lowest BCUT2D eigenvalue weighted by molar-refractivity contribution is 0.210. The molecule has 0 aromatic carbocycles. The maximum absolute atomic E-state index is 9.18. The summed E-state index contributed by atoms with van der Waals surface area (Å²) in [7, 11) is 0. The van der Waals surface area contributed by atoms with Gasteiger partial charge in [-0.05, 0) is 25.0 Å². The number of aliphatic hydroxyl groups is 1. The van der Waals surface area contributed by atoms with Crippen molar-refractivity contribution in [3.8, 4) is 0 Å². The van der Waals surface area contributed by atoms with Gasteiger partial charge in [0, 0.05) is 19.3 Å². The summed E-state index contributed by atoms with van der Waals surface area (Å²) < 4.78 is 0. The quantitative estimate of drug-likeness (QED) is 0.731. The van der Waals surface area contributed by atoms with Gasteiger partial charge in [-0.2, -0.15) is 0 Å². The number of nitrogens with zero attached hydrogens (tertiary/aromatic N) is 2. The first-order valence-electron chi connectivity index (χ1n) is 5.19. The number of hydrogen-bond donors (Lipinski definition) is 2. The molecule has 0 radical (unpaired) electrons. The number of aromatic nitrogens is 1. The van der Waals surface area contributed by atoms with Crippen LogP contribution in [0.5, 0.6) is 0 Å². The van der Waals surface area contributed by atoms with Crippen LogP contribution in [0.2, 0.25) is 0 Å². The van der Waals surface area contributed by atoms with Crippen LogP contribution in [0, 0.1) is 6.92 Å². The first kappa shape index (κ1) is 10.4. The highest BCUT2D eigenvalue weighted by Gasteiger charge is 2.33. The predicted octanol–water partition coefficient (Wildman–Crippen LogP) is 0.290. The molecule has 4 heteroatoms. The van der Waals surface area contributed by atoms with Crippen LogP contribution in [0.25, 0.3) is 0 Å². The highest BCUT2D eigenvalue weighted by atomic mass is 16.3. The van der Waals surface area contributed by atoms with Crippen molar-refractivity contribution >= 4 is 5.69 Å². The molecule has 1 saturated heterocycles. The molecular formula is C11H17N3O. The third-order valence-electron chi connectivity index (χ3n) is 2.93. The van der Waals surface area contributed by atoms with Crippen molar-refractivity contribution in [1.29, 1.82) is 0 Å². The second-order valence-electron chi connectivity index (χ2n) is 4.41. The zero-order valence-electron chi connectivity index (χ0n) is 8.98. The molecule has 15 heavy (non-hydrogen) atoms. The van der Waals surface area contributed by atoms with E-state index in [4.69, 9.17) is 5.73 Å². The number of anilines is 1. The molecule has 1 fully saturated rings. The maximum Gasteiger partial charge on any atom is 0.0629 e. The largest absolute Gasteiger partial charge is 0.394 e. The molecular weight excluding hydrogens is 190 g/mol. The van der Waals surface area contributed by atoms with E-state index >= 15 is 0 Å². The molecule has 0 bridgehead atoms. The molecule has 3 N–H and O–H groups in total. The fourth-order valence-electron chi connectivity index (χ4n) is 1.96. The topological polar surface area (TPSA) is 62.4 Å². The third kappa shape index (κ3) is 2.11. The molecule has 0 spiro atoms. The van der Waals surface area contributed by atoms with Crippen molar-refractivity contribution in [3.05, 3.63) is 24.0 Å². The summed E-state index contributed by atoms with van der Waals surface area (Å²) >= 11 is 0. The Balaban J connectivity index is 2.14. The SMILES string of the molecule is Cc1cncc(N2CCC(N)(CO)C2)c1. The minimum Gasteiger partial charge on any atom is -0.394 e. The highest BCUT2D eigenvalue weighted by molar-refractivity contribution is 5.47. The van der Waals surface area contributed by atoms with Gasteiger partial charge in [-0.3, -0.25) is 4.98 Å². The number of aryl methyl sites for hydroxylation is 1. The molecule has 1 atom stereocenters. The first-order valence-corrected chi connectivity index (χ1v) is 5.19. The van der Waals surface area contributed by atoms with Crippen molar-refractivity contribution < 1.29 is 5.11 Å². The fourth-order valence-corrected chi connectivity index (χ4v) is 1.96. The molecule has 1 aliphatic rings. The van der Waals surface area contributed by atoms with Crippen molar-refractivity contribution in [3.63, 3.8) is 0 Å². The van der Waals surface area contributed by atoms with E-state index in [1.165, 1.54) is 0 Å². The van der Waals surface area contributed by atoms with Crippen LogP contribution in [0.3, 0.4) is 0 Å². The van der Waals surface area contributed by atoms with Crippen molar-refractivity contribution in [2.45, 2.75) is 18.9 Å². The normalized spacial score (nSPS) is 25.9. The number of rotatable bonds is 2. The smallest absolute Gasteiger partial charge is 0.0629 e. The summed E-state index contributed by atoms with van der Waals surface area (Å²) in [6.07, 6.45) is 4.51. The number of hydrogen-bond acceptors (Lipinski definition) is 4. The standard InChI is InChI=1S/C11H17N3O/c1-9-4-10(6-13-5-9)14-3-2-11(12,7-14)8-15/h4-6,15H,2-3,7-8,12H2,1H3. The lowest BCUT2D eigenvalue weighted by Crippen LogP contribution is -2.46. The van der Waals surface area contributed by atoms with Gasteiger partial charge in [0.05, 0.1) is 24.0 Å². The van der Waals surface area contributed by atoms with Crippen molar-refractivity contribution in [2.75, 3.05) is 24.6 Å². The van der Waals surface area contributed by atoms with Gasteiger partial charge in [0.2, 0.25) is 0 Å². The van der Waals surface area contributed by atoms with E-state index in [1.807, 2.05) is 19.3 Å². The molecule has 1 aromatic heterocycles. The Morgan fingerprint density at radius 1 is 1.60 bits per heavy atom. The van der Waals surface area contributed by atoms with Crippen LogP contribution in [0.1, 0.15) is 12.0 Å². The zero-order valence-corrected chi connectivity index (χ0v) is 8.98. The van der Waals surface area contributed by atoms with Crippen molar-refractivity contribution in [1.82, 2.24) is 4.98 Å². The third-order valence-corrected chi connectivity index (χ3v) is 2.93. The Morgan fingerprint density at radius 3 is 3.00 bits per heavy atom. The van der Waals surface area contributed by atoms with E-state index < -0.39 is 5.54 Å². The lowest BCUT2D eigenvalue weighted by atomic mass is 10.0. The Morgan fingerprint density at radius 2 is 2.40 bits per heavy atom. The average molecular weight is 207 g/mol. The van der Waals surface area contributed by atoms with Gasteiger partial charge in [0.15, 0.2) is 0 Å². The zero-order chi connectivity index (χ0) is 10.9. The Bertz CT molecular complexity index is 355. The molecule has 82 valence electrons. The second-order valence-corrected chi connectivity index (χ2v) is 4.41. The molecule has 2 heterocycles. The van der Waals surface area contributed by atoms with Gasteiger partial charge in [-0.25, -0.2) is 0 Å². The second kappa shape index (κ2) is 3.79. The summed E-state index contributed by atoms with van der Waals surface area (Å²) in [6, 6.07) is 2.09. The Hall–Kier alpha value is -1.13. The minimum atomic E-state index is -0.441. The van der Waals surface area contributed by atoms with Crippen molar-refractivity contribution in [2.24, 2.45) is 5.73 Å². The number of nitrogens with two attached hydrogens (primary N) is 1. The van der Waals surface area contributed by atoms with E-state index in [1.54, 1.807) is 0 Å². The van der Waals surface area contributed by atoms with Gasteiger partial charge in [0.1, 0.15) is 0 Å². The van der Waals surface area contributed by atoms with E-state index in [0.717, 1.165) is 24.2 Å². The van der Waals surface area contributed by atoms with Crippen LogP contribution in [-0.2, 0) is 0 Å². The molecule has 1 aromatic rings. The van der Waals surface area contributed by atoms with Crippen LogP contribution >= 0.6 is 0 Å². The number of pyridine rings is 1. The van der Waals surface area contributed by atoms with Crippen LogP contribution in [0.15, 0.2) is 18.5 Å². The summed E-state index contributed by atoms with van der Waals surface area (Å²) in [4.78, 5) is 6.33. The Labute approximate surface area is 89.7 Å². The van der Waals surface area contributed by atoms with Gasteiger partial charge in [-0.15, -0.1) is 0 Å². The van der Waals surface area contributed by atoms with Gasteiger partial charge in [-0.1, -0.05) is 0 Å². The maximum atomic E-state index is 9.18. The summed E-state index contributed by atoms with van der Waals surface area (Å²) in [5, 5.41) is 9.18. The van der Waals surface area contributed by atoms with E-state index in [0.29, 0.717) is 6.54 Å². The van der Waals surface area contributed by atoms with E-state index in [9.17, 15) is 5.11 Å². The monoisotopic (exact) mass is 207 g/mol. The summed E-state index contributed by atoms with van der Waals surface area (Å²) in [5.41, 5.74) is 7.81. The van der Waals surface area contributed by atoms with Crippen LogP contribution in [0.4, 0.5) is 5.69 Å². The number of aliphatic hydroxyl groups excluding tert-OH is 1. The minimum absolute atomic E-state index is 0.0444.